The number of hydrogen-bond donors (Lipinski definition) is 3. The maximum Gasteiger partial charge on any atom is 0.268 e. The summed E-state index contributed by atoms with van der Waals surface area (Å²) < 4.78 is 0. The molecule has 0 aromatic rings. The molecule has 2 aliphatic heterocycles. The number of carbonyl (C=O) groups is 2. The first kappa shape index (κ1) is 12.3. The largest absolute Gasteiger partial charge is 0.341 e. The Morgan fingerprint density at radius 1 is 1.47 bits per heavy atom. The molecule has 2 saturated heterocycles. The monoisotopic (exact) mass is 242 g/mol. The van der Waals surface area contributed by atoms with E-state index >= 15 is 0 Å². The fourth-order valence-corrected chi connectivity index (χ4v) is 1.95. The van der Waals surface area contributed by atoms with Gasteiger partial charge in [0, 0.05) is 13.1 Å². The SMILES string of the molecule is O=C(CN1CCCNCC1)N[C@@H]1CONC1=O. The summed E-state index contributed by atoms with van der Waals surface area (Å²) in [7, 11) is 0. The molecule has 2 fully saturated rings. The first-order valence-corrected chi connectivity index (χ1v) is 5.90. The molecule has 2 aliphatic rings. The summed E-state index contributed by atoms with van der Waals surface area (Å²) >= 11 is 0. The van der Waals surface area contributed by atoms with E-state index in [1.807, 2.05) is 0 Å². The topological polar surface area (TPSA) is 82.7 Å². The molecule has 1 atom stereocenters. The van der Waals surface area contributed by atoms with Crippen LogP contribution >= 0.6 is 0 Å². The van der Waals surface area contributed by atoms with Gasteiger partial charge in [-0.1, -0.05) is 0 Å². The molecule has 0 radical (unpaired) electrons. The van der Waals surface area contributed by atoms with E-state index in [9.17, 15) is 9.59 Å². The number of hydrogen-bond acceptors (Lipinski definition) is 5. The van der Waals surface area contributed by atoms with Crippen LogP contribution in [-0.4, -0.2) is 62.1 Å². The van der Waals surface area contributed by atoms with Crippen molar-refractivity contribution in [1.29, 1.82) is 0 Å². The van der Waals surface area contributed by atoms with E-state index in [0.717, 1.165) is 32.6 Å². The fraction of sp³-hybridized carbons (Fsp3) is 0.800. The third-order valence-electron chi connectivity index (χ3n) is 2.87. The van der Waals surface area contributed by atoms with Crippen molar-refractivity contribution >= 4 is 11.8 Å². The second-order valence-electron chi connectivity index (χ2n) is 4.28. The summed E-state index contributed by atoms with van der Waals surface area (Å²) in [6.45, 7) is 4.21. The Morgan fingerprint density at radius 2 is 2.35 bits per heavy atom. The second-order valence-corrected chi connectivity index (χ2v) is 4.28. The minimum Gasteiger partial charge on any atom is -0.341 e. The van der Waals surface area contributed by atoms with Gasteiger partial charge in [0.25, 0.3) is 5.91 Å². The predicted molar refractivity (Wildman–Crippen MR) is 60.0 cm³/mol. The van der Waals surface area contributed by atoms with Gasteiger partial charge in [-0.15, -0.1) is 0 Å². The zero-order valence-corrected chi connectivity index (χ0v) is 9.70. The van der Waals surface area contributed by atoms with Crippen molar-refractivity contribution in [3.63, 3.8) is 0 Å². The Balaban J connectivity index is 1.74. The molecule has 96 valence electrons. The van der Waals surface area contributed by atoms with Gasteiger partial charge in [0.05, 0.1) is 6.54 Å². The first-order valence-electron chi connectivity index (χ1n) is 5.90. The molecule has 3 N–H and O–H groups in total. The normalized spacial score (nSPS) is 26.4. The highest BCUT2D eigenvalue weighted by atomic mass is 16.7. The van der Waals surface area contributed by atoms with Gasteiger partial charge in [-0.3, -0.25) is 19.3 Å². The summed E-state index contributed by atoms with van der Waals surface area (Å²) in [5, 5.41) is 5.93. The fourth-order valence-electron chi connectivity index (χ4n) is 1.95. The van der Waals surface area contributed by atoms with Gasteiger partial charge in [-0.2, -0.15) is 0 Å². The number of nitrogens with zero attached hydrogens (tertiary/aromatic N) is 1. The van der Waals surface area contributed by atoms with Crippen LogP contribution in [-0.2, 0) is 14.4 Å². The smallest absolute Gasteiger partial charge is 0.268 e. The molecule has 0 saturated carbocycles. The lowest BCUT2D eigenvalue weighted by atomic mass is 10.3. The van der Waals surface area contributed by atoms with E-state index < -0.39 is 6.04 Å². The van der Waals surface area contributed by atoms with Crippen molar-refractivity contribution in [2.75, 3.05) is 39.3 Å². The van der Waals surface area contributed by atoms with Crippen molar-refractivity contribution in [3.05, 3.63) is 0 Å². The Kier molecular flexibility index (Phi) is 4.29. The van der Waals surface area contributed by atoms with Gasteiger partial charge in [-0.25, -0.2) is 5.48 Å². The summed E-state index contributed by atoms with van der Waals surface area (Å²) in [5.74, 6) is -0.409. The minimum atomic E-state index is -0.549. The number of amides is 2. The third kappa shape index (κ3) is 3.65. The quantitative estimate of drug-likeness (QED) is 0.524. The van der Waals surface area contributed by atoms with Gasteiger partial charge >= 0.3 is 0 Å². The molecule has 0 aliphatic carbocycles. The molecule has 17 heavy (non-hydrogen) atoms. The lowest BCUT2D eigenvalue weighted by Crippen LogP contribution is -2.46. The molecule has 7 nitrogen and oxygen atoms in total. The summed E-state index contributed by atoms with van der Waals surface area (Å²) in [5.41, 5.74) is 2.21. The number of nitrogens with one attached hydrogen (secondary N) is 3. The van der Waals surface area contributed by atoms with Crippen LogP contribution in [0.1, 0.15) is 6.42 Å². The highest BCUT2D eigenvalue weighted by molar-refractivity contribution is 5.88. The van der Waals surface area contributed by atoms with Crippen LogP contribution in [0.4, 0.5) is 0 Å². The lowest BCUT2D eigenvalue weighted by molar-refractivity contribution is -0.129. The molecule has 2 amide bonds. The van der Waals surface area contributed by atoms with Crippen LogP contribution in [0, 0.1) is 0 Å². The van der Waals surface area contributed by atoms with E-state index in [1.165, 1.54) is 0 Å². The van der Waals surface area contributed by atoms with Crippen molar-refractivity contribution in [2.45, 2.75) is 12.5 Å². The molecule has 0 bridgehead atoms. The van der Waals surface area contributed by atoms with Crippen molar-refractivity contribution < 1.29 is 14.4 Å². The van der Waals surface area contributed by atoms with Gasteiger partial charge < -0.3 is 10.6 Å². The number of carbonyl (C=O) groups excluding carboxylic acids is 2. The van der Waals surface area contributed by atoms with Crippen LogP contribution in [0.15, 0.2) is 0 Å². The van der Waals surface area contributed by atoms with Crippen molar-refractivity contribution in [3.8, 4) is 0 Å². The van der Waals surface area contributed by atoms with Crippen LogP contribution < -0.4 is 16.1 Å². The molecule has 7 heteroatoms. The maximum absolute atomic E-state index is 11.7. The zero-order valence-electron chi connectivity index (χ0n) is 9.70. The van der Waals surface area contributed by atoms with Crippen molar-refractivity contribution in [2.24, 2.45) is 0 Å². The van der Waals surface area contributed by atoms with E-state index in [-0.39, 0.29) is 18.4 Å². The molecule has 0 aromatic carbocycles. The third-order valence-corrected chi connectivity index (χ3v) is 2.87. The highest BCUT2D eigenvalue weighted by Crippen LogP contribution is 1.97. The molecule has 0 aromatic heterocycles. The van der Waals surface area contributed by atoms with Gasteiger partial charge in [0.1, 0.15) is 12.6 Å². The zero-order chi connectivity index (χ0) is 12.1. The number of hydroxylamine groups is 1. The Bertz CT molecular complexity index is 289. The Hall–Kier alpha value is -1.18. The molecular weight excluding hydrogens is 224 g/mol. The molecule has 0 unspecified atom stereocenters. The van der Waals surface area contributed by atoms with Gasteiger partial charge in [0.15, 0.2) is 0 Å². The summed E-state index contributed by atoms with van der Waals surface area (Å²) in [6, 6.07) is -0.549. The second kappa shape index (κ2) is 5.95. The maximum atomic E-state index is 11.7. The van der Waals surface area contributed by atoms with Crippen LogP contribution in [0.5, 0.6) is 0 Å². The van der Waals surface area contributed by atoms with Crippen LogP contribution in [0.25, 0.3) is 0 Å². The van der Waals surface area contributed by atoms with E-state index in [4.69, 9.17) is 4.84 Å². The van der Waals surface area contributed by atoms with E-state index in [0.29, 0.717) is 6.54 Å². The molecular formula is C10H18N4O3. The summed E-state index contributed by atoms with van der Waals surface area (Å²) in [4.78, 5) is 29.7. The minimum absolute atomic E-state index is 0.127. The standard InChI is InChI=1S/C10H18N4O3/c15-9(12-8-7-17-13-10(8)16)6-14-4-1-2-11-3-5-14/h8,11H,1-7H2,(H,12,15)(H,13,16)/t8-/m1/s1. The lowest BCUT2D eigenvalue weighted by Gasteiger charge is -2.19. The van der Waals surface area contributed by atoms with Crippen LogP contribution in [0.2, 0.25) is 0 Å². The molecule has 0 spiro atoms. The molecule has 2 heterocycles. The van der Waals surface area contributed by atoms with Gasteiger partial charge in [0.2, 0.25) is 5.91 Å². The average molecular weight is 242 g/mol. The van der Waals surface area contributed by atoms with Gasteiger partial charge in [-0.05, 0) is 19.5 Å². The van der Waals surface area contributed by atoms with Crippen LogP contribution in [0.3, 0.4) is 0 Å². The van der Waals surface area contributed by atoms with E-state index in [1.54, 1.807) is 0 Å². The highest BCUT2D eigenvalue weighted by Gasteiger charge is 2.27. The first-order chi connectivity index (χ1) is 8.25. The molecule has 2 rings (SSSR count). The number of rotatable bonds is 3. The van der Waals surface area contributed by atoms with E-state index in [2.05, 4.69) is 21.0 Å². The average Bonchev–Trinajstić information content (AvgIpc) is 2.55. The predicted octanol–water partition coefficient (Wildman–Crippen LogP) is -2.17. The Morgan fingerprint density at radius 3 is 3.12 bits per heavy atom. The Labute approximate surface area is 99.8 Å². The van der Waals surface area contributed by atoms with Crippen molar-refractivity contribution in [1.82, 2.24) is 21.0 Å². The summed E-state index contributed by atoms with van der Waals surface area (Å²) in [6.07, 6.45) is 1.04.